The first-order valence-electron chi connectivity index (χ1n) is 7.18. The van der Waals surface area contributed by atoms with Crippen LogP contribution in [0.3, 0.4) is 0 Å². The van der Waals surface area contributed by atoms with Crippen LogP contribution >= 0.6 is 35.0 Å². The van der Waals surface area contributed by atoms with Crippen LogP contribution in [0.25, 0.3) is 0 Å². The number of nitrogens with one attached hydrogen (secondary N) is 1. The van der Waals surface area contributed by atoms with Crippen molar-refractivity contribution in [1.29, 1.82) is 0 Å². The van der Waals surface area contributed by atoms with Gasteiger partial charge in [0, 0.05) is 33.7 Å². The average Bonchev–Trinajstić information content (AvgIpc) is 2.52. The van der Waals surface area contributed by atoms with Crippen molar-refractivity contribution in [1.82, 2.24) is 5.32 Å². The summed E-state index contributed by atoms with van der Waals surface area (Å²) >= 11 is 13.1. The number of hydrogen-bond acceptors (Lipinski definition) is 2. The van der Waals surface area contributed by atoms with Crippen LogP contribution in [-0.2, 0) is 17.0 Å². The molecular formula is C17H15Cl2F2NOS. The van der Waals surface area contributed by atoms with Crippen LogP contribution in [-0.4, -0.2) is 18.2 Å². The highest BCUT2D eigenvalue weighted by molar-refractivity contribution is 7.98. The Balaban J connectivity index is 1.71. The fraction of sp³-hybridized carbons (Fsp3) is 0.235. The molecule has 128 valence electrons. The molecule has 0 aromatic heterocycles. The highest BCUT2D eigenvalue weighted by atomic mass is 35.5. The van der Waals surface area contributed by atoms with E-state index in [9.17, 15) is 13.6 Å². The summed E-state index contributed by atoms with van der Waals surface area (Å²) in [5.74, 6) is -0.0913. The molecule has 0 aliphatic rings. The molecular weight excluding hydrogens is 375 g/mol. The van der Waals surface area contributed by atoms with Crippen molar-refractivity contribution in [2.24, 2.45) is 0 Å². The molecule has 0 fully saturated rings. The molecule has 0 radical (unpaired) electrons. The molecule has 0 heterocycles. The fourth-order valence-electron chi connectivity index (χ4n) is 2.01. The summed E-state index contributed by atoms with van der Waals surface area (Å²) in [6, 6.07) is 8.78. The summed E-state index contributed by atoms with van der Waals surface area (Å²) in [6.45, 7) is 0.408. The van der Waals surface area contributed by atoms with E-state index in [4.69, 9.17) is 23.2 Å². The van der Waals surface area contributed by atoms with Gasteiger partial charge in [-0.1, -0.05) is 35.3 Å². The molecule has 0 aliphatic carbocycles. The molecule has 0 atom stereocenters. The Hall–Kier alpha value is -1.30. The molecule has 0 saturated heterocycles. The summed E-state index contributed by atoms with van der Waals surface area (Å²) in [4.78, 5) is 11.8. The Kier molecular flexibility index (Phi) is 7.34. The van der Waals surface area contributed by atoms with Gasteiger partial charge >= 0.3 is 0 Å². The molecule has 24 heavy (non-hydrogen) atoms. The van der Waals surface area contributed by atoms with Crippen molar-refractivity contribution in [3.63, 3.8) is 0 Å². The highest BCUT2D eigenvalue weighted by Gasteiger charge is 2.09. The van der Waals surface area contributed by atoms with Gasteiger partial charge in [0.2, 0.25) is 5.91 Å². The van der Waals surface area contributed by atoms with Gasteiger partial charge in [0.1, 0.15) is 11.6 Å². The van der Waals surface area contributed by atoms with Crippen molar-refractivity contribution in [3.8, 4) is 0 Å². The second kappa shape index (κ2) is 9.25. The molecule has 1 N–H and O–H groups in total. The van der Waals surface area contributed by atoms with Crippen LogP contribution in [0.5, 0.6) is 0 Å². The van der Waals surface area contributed by atoms with Crippen LogP contribution < -0.4 is 5.32 Å². The lowest BCUT2D eigenvalue weighted by Gasteiger charge is -2.08. The number of benzene rings is 2. The summed E-state index contributed by atoms with van der Waals surface area (Å²) in [5, 5.41) is 3.39. The van der Waals surface area contributed by atoms with Gasteiger partial charge in [0.15, 0.2) is 0 Å². The number of amides is 1. The van der Waals surface area contributed by atoms with Crippen LogP contribution in [0.4, 0.5) is 8.78 Å². The number of hydrogen-bond donors (Lipinski definition) is 1. The number of rotatable bonds is 7. The standard InChI is InChI=1S/C17H15Cl2F2NOS/c18-12-5-4-11(16(21)9-12)8-17(23)22-6-7-24-10-13-14(19)2-1-3-15(13)20/h1-5,9H,6-8,10H2,(H,22,23). The zero-order valence-corrected chi connectivity index (χ0v) is 14.9. The topological polar surface area (TPSA) is 29.1 Å². The van der Waals surface area contributed by atoms with Gasteiger partial charge in [-0.15, -0.1) is 0 Å². The van der Waals surface area contributed by atoms with Gasteiger partial charge in [-0.05, 0) is 29.8 Å². The van der Waals surface area contributed by atoms with E-state index in [-0.39, 0.29) is 18.1 Å². The fourth-order valence-corrected chi connectivity index (χ4v) is 3.36. The van der Waals surface area contributed by atoms with Crippen LogP contribution in [0, 0.1) is 11.6 Å². The van der Waals surface area contributed by atoms with E-state index in [1.165, 1.54) is 30.0 Å². The van der Waals surface area contributed by atoms with E-state index in [1.807, 2.05) is 0 Å². The van der Waals surface area contributed by atoms with Gasteiger partial charge < -0.3 is 5.32 Å². The molecule has 1 amide bonds. The third-order valence-electron chi connectivity index (χ3n) is 3.24. The minimum atomic E-state index is -0.499. The van der Waals surface area contributed by atoms with Crippen molar-refractivity contribution in [2.75, 3.05) is 12.3 Å². The minimum absolute atomic E-state index is 0.0488. The lowest BCUT2D eigenvalue weighted by Crippen LogP contribution is -2.27. The number of carbonyl (C=O) groups excluding carboxylic acids is 1. The predicted octanol–water partition coefficient (Wildman–Crippen LogP) is 4.86. The number of carbonyl (C=O) groups is 1. The SMILES string of the molecule is O=C(Cc1ccc(Cl)cc1F)NCCSCc1c(F)cccc1Cl. The molecule has 2 rings (SSSR count). The maximum absolute atomic E-state index is 13.6. The maximum atomic E-state index is 13.6. The van der Waals surface area contributed by atoms with Gasteiger partial charge in [0.05, 0.1) is 6.42 Å². The monoisotopic (exact) mass is 389 g/mol. The van der Waals surface area contributed by atoms with E-state index in [2.05, 4.69) is 5.32 Å². The molecule has 2 nitrogen and oxygen atoms in total. The van der Waals surface area contributed by atoms with Crippen molar-refractivity contribution >= 4 is 40.9 Å². The van der Waals surface area contributed by atoms with Crippen molar-refractivity contribution < 1.29 is 13.6 Å². The molecule has 0 unspecified atom stereocenters. The summed E-state index contributed by atoms with van der Waals surface area (Å²) in [5.41, 5.74) is 0.751. The quantitative estimate of drug-likeness (QED) is 0.684. The third kappa shape index (κ3) is 5.65. The zero-order chi connectivity index (χ0) is 17.5. The summed E-state index contributed by atoms with van der Waals surface area (Å²) < 4.78 is 27.2. The Labute approximate surface area is 153 Å². The van der Waals surface area contributed by atoms with E-state index in [0.29, 0.717) is 39.2 Å². The number of thioether (sulfide) groups is 1. The average molecular weight is 390 g/mol. The predicted molar refractivity (Wildman–Crippen MR) is 95.7 cm³/mol. The van der Waals surface area contributed by atoms with Gasteiger partial charge in [-0.2, -0.15) is 11.8 Å². The van der Waals surface area contributed by atoms with E-state index >= 15 is 0 Å². The Morgan fingerprint density at radius 3 is 2.62 bits per heavy atom. The summed E-state index contributed by atoms with van der Waals surface area (Å²) in [6.07, 6.45) is -0.0488. The third-order valence-corrected chi connectivity index (χ3v) is 4.82. The number of halogens is 4. The molecule has 0 aliphatic heterocycles. The van der Waals surface area contributed by atoms with Crippen LogP contribution in [0.15, 0.2) is 36.4 Å². The van der Waals surface area contributed by atoms with Crippen molar-refractivity contribution in [3.05, 3.63) is 69.2 Å². The second-order valence-electron chi connectivity index (χ2n) is 5.02. The first-order valence-corrected chi connectivity index (χ1v) is 9.09. The Morgan fingerprint density at radius 1 is 1.12 bits per heavy atom. The van der Waals surface area contributed by atoms with Crippen molar-refractivity contribution in [2.45, 2.75) is 12.2 Å². The van der Waals surface area contributed by atoms with Crippen LogP contribution in [0.1, 0.15) is 11.1 Å². The second-order valence-corrected chi connectivity index (χ2v) is 6.96. The zero-order valence-electron chi connectivity index (χ0n) is 12.6. The summed E-state index contributed by atoms with van der Waals surface area (Å²) in [7, 11) is 0. The molecule has 2 aromatic carbocycles. The van der Waals surface area contributed by atoms with Crippen LogP contribution in [0.2, 0.25) is 10.0 Å². The smallest absolute Gasteiger partial charge is 0.224 e. The van der Waals surface area contributed by atoms with E-state index in [0.717, 1.165) is 0 Å². The molecule has 7 heteroatoms. The lowest BCUT2D eigenvalue weighted by molar-refractivity contribution is -0.120. The Bertz CT molecular complexity index is 707. The van der Waals surface area contributed by atoms with E-state index < -0.39 is 5.82 Å². The minimum Gasteiger partial charge on any atom is -0.355 e. The molecule has 0 saturated carbocycles. The molecule has 0 bridgehead atoms. The largest absolute Gasteiger partial charge is 0.355 e. The Morgan fingerprint density at radius 2 is 1.92 bits per heavy atom. The van der Waals surface area contributed by atoms with Gasteiger partial charge in [0.25, 0.3) is 0 Å². The highest BCUT2D eigenvalue weighted by Crippen LogP contribution is 2.23. The van der Waals surface area contributed by atoms with Gasteiger partial charge in [-0.25, -0.2) is 8.78 Å². The van der Waals surface area contributed by atoms with Gasteiger partial charge in [-0.3, -0.25) is 4.79 Å². The maximum Gasteiger partial charge on any atom is 0.224 e. The first-order chi connectivity index (χ1) is 11.5. The van der Waals surface area contributed by atoms with E-state index in [1.54, 1.807) is 18.2 Å². The normalized spacial score (nSPS) is 10.7. The first kappa shape index (κ1) is 19.0. The lowest BCUT2D eigenvalue weighted by atomic mass is 10.1. The molecule has 0 spiro atoms. The molecule has 2 aromatic rings.